The van der Waals surface area contributed by atoms with E-state index >= 15 is 0 Å². The molecule has 31 heavy (non-hydrogen) atoms. The molecule has 0 spiro atoms. The Kier molecular flexibility index (Phi) is 7.26. The number of aryl methyl sites for hydroxylation is 1. The Balaban J connectivity index is 1.67. The van der Waals surface area contributed by atoms with Crippen LogP contribution in [0.5, 0.6) is 0 Å². The predicted octanol–water partition coefficient (Wildman–Crippen LogP) is 2.60. The predicted molar refractivity (Wildman–Crippen MR) is 111 cm³/mol. The van der Waals surface area contributed by atoms with Crippen LogP contribution in [0.25, 0.3) is 0 Å². The molecule has 1 aliphatic rings. The minimum Gasteiger partial charge on any atom is -0.452 e. The molecule has 11 heteroatoms. The normalized spacial score (nSPS) is 14.8. The summed E-state index contributed by atoms with van der Waals surface area (Å²) < 4.78 is 50.8. The molecule has 1 amide bonds. The van der Waals surface area contributed by atoms with Crippen LogP contribution >= 0.6 is 11.6 Å². The van der Waals surface area contributed by atoms with Gasteiger partial charge in [0.15, 0.2) is 6.61 Å². The molecule has 1 aliphatic heterocycles. The number of hydrogen-bond acceptors (Lipinski definition) is 6. The fourth-order valence-electron chi connectivity index (χ4n) is 2.84. The standard InChI is InChI=1S/C20H20ClFN2O6S/c1-13-2-4-15(11-16(13)21)23-19(25)12-30-20(26)14-3-5-17(22)18(10-14)31(27,28)24-6-8-29-9-7-24/h2-5,10-11H,6-9,12H2,1H3,(H,23,25). The third kappa shape index (κ3) is 5.59. The molecule has 0 bridgehead atoms. The lowest BCUT2D eigenvalue weighted by molar-refractivity contribution is -0.119. The summed E-state index contributed by atoms with van der Waals surface area (Å²) in [5, 5.41) is 3.00. The first-order chi connectivity index (χ1) is 14.7. The fraction of sp³-hybridized carbons (Fsp3) is 0.300. The Bertz CT molecular complexity index is 1100. The fourth-order valence-corrected chi connectivity index (χ4v) is 4.52. The second-order valence-electron chi connectivity index (χ2n) is 6.75. The van der Waals surface area contributed by atoms with Crippen LogP contribution < -0.4 is 5.32 Å². The topological polar surface area (TPSA) is 102 Å². The van der Waals surface area contributed by atoms with Gasteiger partial charge in [-0.3, -0.25) is 4.79 Å². The number of sulfonamides is 1. The van der Waals surface area contributed by atoms with Crippen LogP contribution in [0.2, 0.25) is 5.02 Å². The Morgan fingerprint density at radius 1 is 1.19 bits per heavy atom. The van der Waals surface area contributed by atoms with Gasteiger partial charge in [0.2, 0.25) is 10.0 Å². The first kappa shape index (κ1) is 23.1. The van der Waals surface area contributed by atoms with Crippen molar-refractivity contribution in [2.45, 2.75) is 11.8 Å². The highest BCUT2D eigenvalue weighted by Gasteiger charge is 2.30. The Hall–Kier alpha value is -2.53. The maximum Gasteiger partial charge on any atom is 0.338 e. The highest BCUT2D eigenvalue weighted by Crippen LogP contribution is 2.23. The molecule has 2 aromatic rings. The Labute approximate surface area is 183 Å². The van der Waals surface area contributed by atoms with Crippen LogP contribution in [0.3, 0.4) is 0 Å². The van der Waals surface area contributed by atoms with E-state index in [1.54, 1.807) is 18.2 Å². The summed E-state index contributed by atoms with van der Waals surface area (Å²) in [4.78, 5) is 23.7. The van der Waals surface area contributed by atoms with Gasteiger partial charge < -0.3 is 14.8 Å². The molecule has 0 atom stereocenters. The molecule has 0 radical (unpaired) electrons. The molecule has 1 fully saturated rings. The number of halogens is 2. The van der Waals surface area contributed by atoms with E-state index in [0.717, 1.165) is 28.1 Å². The highest BCUT2D eigenvalue weighted by atomic mass is 35.5. The number of ether oxygens (including phenoxy) is 2. The summed E-state index contributed by atoms with van der Waals surface area (Å²) in [6.07, 6.45) is 0. The number of rotatable bonds is 6. The van der Waals surface area contributed by atoms with Gasteiger partial charge in [-0.2, -0.15) is 4.31 Å². The third-order valence-electron chi connectivity index (χ3n) is 4.54. The zero-order chi connectivity index (χ0) is 22.6. The van der Waals surface area contributed by atoms with Crippen LogP contribution in [-0.4, -0.2) is 57.5 Å². The molecule has 1 heterocycles. The average molecular weight is 471 g/mol. The van der Waals surface area contributed by atoms with Crippen LogP contribution in [0, 0.1) is 12.7 Å². The van der Waals surface area contributed by atoms with Crippen LogP contribution in [0.1, 0.15) is 15.9 Å². The number of hydrogen-bond donors (Lipinski definition) is 1. The smallest absolute Gasteiger partial charge is 0.338 e. The zero-order valence-electron chi connectivity index (χ0n) is 16.6. The number of nitrogens with zero attached hydrogens (tertiary/aromatic N) is 1. The third-order valence-corrected chi connectivity index (χ3v) is 6.87. The van der Waals surface area contributed by atoms with Gasteiger partial charge in [-0.15, -0.1) is 0 Å². The Morgan fingerprint density at radius 3 is 2.58 bits per heavy atom. The van der Waals surface area contributed by atoms with Crippen molar-refractivity contribution in [3.05, 3.63) is 58.4 Å². The lowest BCUT2D eigenvalue weighted by Gasteiger charge is -2.26. The van der Waals surface area contributed by atoms with Gasteiger partial charge in [-0.05, 0) is 42.8 Å². The van der Waals surface area contributed by atoms with Crippen LogP contribution in [0.4, 0.5) is 10.1 Å². The number of esters is 1. The van der Waals surface area contributed by atoms with Crippen molar-refractivity contribution in [3.63, 3.8) is 0 Å². The lowest BCUT2D eigenvalue weighted by atomic mass is 10.2. The number of carbonyl (C=O) groups is 2. The van der Waals surface area contributed by atoms with Gasteiger partial charge in [0, 0.05) is 23.8 Å². The number of morpholine rings is 1. The summed E-state index contributed by atoms with van der Waals surface area (Å²) >= 11 is 6.00. The summed E-state index contributed by atoms with van der Waals surface area (Å²) in [5.41, 5.74) is 1.07. The van der Waals surface area contributed by atoms with Crippen LogP contribution in [0.15, 0.2) is 41.3 Å². The highest BCUT2D eigenvalue weighted by molar-refractivity contribution is 7.89. The molecule has 8 nitrogen and oxygen atoms in total. The largest absolute Gasteiger partial charge is 0.452 e. The van der Waals surface area contributed by atoms with E-state index in [2.05, 4.69) is 5.32 Å². The molecular weight excluding hydrogens is 451 g/mol. The monoisotopic (exact) mass is 470 g/mol. The van der Waals surface area contributed by atoms with E-state index in [4.69, 9.17) is 21.1 Å². The maximum atomic E-state index is 14.2. The molecule has 166 valence electrons. The number of benzene rings is 2. The molecule has 3 rings (SSSR count). The molecule has 0 unspecified atom stereocenters. The van der Waals surface area contributed by atoms with Gasteiger partial charge in [0.25, 0.3) is 5.91 Å². The lowest BCUT2D eigenvalue weighted by Crippen LogP contribution is -2.41. The first-order valence-corrected chi connectivity index (χ1v) is 11.1. The average Bonchev–Trinajstić information content (AvgIpc) is 2.75. The van der Waals surface area contributed by atoms with Gasteiger partial charge >= 0.3 is 5.97 Å². The van der Waals surface area contributed by atoms with E-state index in [9.17, 15) is 22.4 Å². The first-order valence-electron chi connectivity index (χ1n) is 9.29. The van der Waals surface area contributed by atoms with Crippen molar-refractivity contribution < 1.29 is 31.9 Å². The number of amides is 1. The molecule has 2 aromatic carbocycles. The van der Waals surface area contributed by atoms with Gasteiger partial charge in [-0.1, -0.05) is 17.7 Å². The number of carbonyl (C=O) groups excluding carboxylic acids is 2. The van der Waals surface area contributed by atoms with Crippen molar-refractivity contribution in [1.29, 1.82) is 0 Å². The van der Waals surface area contributed by atoms with E-state index in [0.29, 0.717) is 10.7 Å². The molecule has 1 saturated heterocycles. The van der Waals surface area contributed by atoms with Crippen molar-refractivity contribution in [2.24, 2.45) is 0 Å². The molecule has 0 aromatic heterocycles. The maximum absolute atomic E-state index is 14.2. The van der Waals surface area contributed by atoms with E-state index < -0.39 is 39.2 Å². The minimum absolute atomic E-state index is 0.0830. The van der Waals surface area contributed by atoms with E-state index in [1.165, 1.54) is 0 Å². The van der Waals surface area contributed by atoms with Gasteiger partial charge in [0.05, 0.1) is 18.8 Å². The Morgan fingerprint density at radius 2 is 1.90 bits per heavy atom. The second-order valence-corrected chi connectivity index (χ2v) is 9.06. The number of anilines is 1. The van der Waals surface area contributed by atoms with Crippen molar-refractivity contribution in [1.82, 2.24) is 4.31 Å². The van der Waals surface area contributed by atoms with Crippen molar-refractivity contribution >= 4 is 39.2 Å². The summed E-state index contributed by atoms with van der Waals surface area (Å²) in [7, 11) is -4.15. The minimum atomic E-state index is -4.15. The molecule has 1 N–H and O–H groups in total. The summed E-state index contributed by atoms with van der Waals surface area (Å²) in [6.45, 7) is 1.76. The van der Waals surface area contributed by atoms with E-state index in [1.807, 2.05) is 6.92 Å². The van der Waals surface area contributed by atoms with Gasteiger partial charge in [0.1, 0.15) is 10.7 Å². The van der Waals surface area contributed by atoms with E-state index in [-0.39, 0.29) is 31.9 Å². The molecular formula is C20H20ClFN2O6S. The second kappa shape index (κ2) is 9.73. The summed E-state index contributed by atoms with van der Waals surface area (Å²) in [6, 6.07) is 7.79. The number of nitrogens with one attached hydrogen (secondary N) is 1. The summed E-state index contributed by atoms with van der Waals surface area (Å²) in [5.74, 6) is -2.57. The zero-order valence-corrected chi connectivity index (χ0v) is 18.1. The van der Waals surface area contributed by atoms with Gasteiger partial charge in [-0.25, -0.2) is 17.6 Å². The van der Waals surface area contributed by atoms with Crippen molar-refractivity contribution in [2.75, 3.05) is 38.2 Å². The quantitative estimate of drug-likeness (QED) is 0.651. The molecule has 0 saturated carbocycles. The SMILES string of the molecule is Cc1ccc(NC(=O)COC(=O)c2ccc(F)c(S(=O)(=O)N3CCOCC3)c2)cc1Cl. The van der Waals surface area contributed by atoms with Crippen LogP contribution in [-0.2, 0) is 24.3 Å². The van der Waals surface area contributed by atoms with Crippen molar-refractivity contribution in [3.8, 4) is 0 Å². The molecule has 0 aliphatic carbocycles.